The average Bonchev–Trinajstić information content (AvgIpc) is 3.46. The molecule has 0 spiro atoms. The zero-order valence-electron chi connectivity index (χ0n) is 15.7. The molecular weight excluding hydrogens is 344 g/mol. The third kappa shape index (κ3) is 4.43. The van der Waals surface area contributed by atoms with Gasteiger partial charge >= 0.3 is 0 Å². The molecule has 6 heteroatoms. The Kier molecular flexibility index (Phi) is 5.62. The van der Waals surface area contributed by atoms with Crippen LogP contribution >= 0.6 is 0 Å². The zero-order valence-corrected chi connectivity index (χ0v) is 15.7. The molecule has 6 nitrogen and oxygen atoms in total. The maximum atomic E-state index is 12.9. The van der Waals surface area contributed by atoms with Gasteiger partial charge in [0.15, 0.2) is 6.61 Å². The van der Waals surface area contributed by atoms with Crippen molar-refractivity contribution in [1.82, 2.24) is 9.80 Å². The van der Waals surface area contributed by atoms with Crippen LogP contribution in [0.4, 0.5) is 0 Å². The first-order valence-electron chi connectivity index (χ1n) is 10.1. The average molecular weight is 372 g/mol. The van der Waals surface area contributed by atoms with Crippen LogP contribution in [0.25, 0.3) is 0 Å². The molecule has 1 aliphatic carbocycles. The fourth-order valence-corrected chi connectivity index (χ4v) is 4.11. The highest BCUT2D eigenvalue weighted by Gasteiger charge is 2.42. The zero-order chi connectivity index (χ0) is 18.6. The van der Waals surface area contributed by atoms with Crippen LogP contribution in [0, 0.1) is 5.92 Å². The van der Waals surface area contributed by atoms with Gasteiger partial charge in [0.1, 0.15) is 5.75 Å². The number of para-hydroxylation sites is 1. The van der Waals surface area contributed by atoms with Crippen LogP contribution in [0.2, 0.25) is 0 Å². The number of ether oxygens (including phenoxy) is 2. The summed E-state index contributed by atoms with van der Waals surface area (Å²) in [4.78, 5) is 29.5. The lowest BCUT2D eigenvalue weighted by molar-refractivity contribution is -0.141. The number of carbonyl (C=O) groups is 2. The van der Waals surface area contributed by atoms with Crippen molar-refractivity contribution >= 4 is 11.8 Å². The number of hydrogen-bond donors (Lipinski definition) is 0. The molecule has 0 aromatic heterocycles. The lowest BCUT2D eigenvalue weighted by Crippen LogP contribution is -2.51. The summed E-state index contributed by atoms with van der Waals surface area (Å²) in [5.41, 5.74) is 0. The van der Waals surface area contributed by atoms with Crippen molar-refractivity contribution in [3.8, 4) is 5.75 Å². The normalized spacial score (nSPS) is 23.3. The van der Waals surface area contributed by atoms with E-state index in [1.165, 1.54) is 0 Å². The van der Waals surface area contributed by atoms with E-state index in [1.54, 1.807) is 0 Å². The monoisotopic (exact) mass is 372 g/mol. The predicted octanol–water partition coefficient (Wildman–Crippen LogP) is 2.08. The van der Waals surface area contributed by atoms with Crippen LogP contribution in [0.15, 0.2) is 30.3 Å². The number of likely N-dealkylation sites (tertiary alicyclic amines) is 1. The second-order valence-electron chi connectivity index (χ2n) is 7.75. The highest BCUT2D eigenvalue weighted by molar-refractivity contribution is 5.82. The molecule has 0 bridgehead atoms. The quantitative estimate of drug-likeness (QED) is 0.767. The van der Waals surface area contributed by atoms with E-state index in [-0.39, 0.29) is 30.5 Å². The molecule has 27 heavy (non-hydrogen) atoms. The standard InChI is InChI=1S/C21H28N2O4/c24-20(15-27-19-4-2-1-3-5-19)22-11-8-18(14-22)23(21(25)16-6-7-16)17-9-12-26-13-10-17/h1-5,16-18H,6-15H2. The molecule has 1 aromatic carbocycles. The summed E-state index contributed by atoms with van der Waals surface area (Å²) < 4.78 is 11.1. The molecule has 0 N–H and O–H groups in total. The van der Waals surface area contributed by atoms with Crippen LogP contribution in [0.1, 0.15) is 32.1 Å². The van der Waals surface area contributed by atoms with Gasteiger partial charge in [-0.1, -0.05) is 18.2 Å². The van der Waals surface area contributed by atoms with E-state index in [4.69, 9.17) is 9.47 Å². The van der Waals surface area contributed by atoms with E-state index in [0.717, 1.165) is 45.3 Å². The lowest BCUT2D eigenvalue weighted by Gasteiger charge is -2.38. The number of rotatable bonds is 6. The largest absolute Gasteiger partial charge is 0.484 e. The van der Waals surface area contributed by atoms with Gasteiger partial charge in [0, 0.05) is 38.3 Å². The highest BCUT2D eigenvalue weighted by Crippen LogP contribution is 2.35. The number of benzene rings is 1. The van der Waals surface area contributed by atoms with E-state index < -0.39 is 0 Å². The molecule has 2 saturated heterocycles. The van der Waals surface area contributed by atoms with Gasteiger partial charge in [-0.2, -0.15) is 0 Å². The smallest absolute Gasteiger partial charge is 0.260 e. The van der Waals surface area contributed by atoms with Gasteiger partial charge in [-0.15, -0.1) is 0 Å². The van der Waals surface area contributed by atoms with Crippen molar-refractivity contribution in [2.75, 3.05) is 32.9 Å². The maximum absolute atomic E-state index is 12.9. The van der Waals surface area contributed by atoms with Gasteiger partial charge in [0.25, 0.3) is 5.91 Å². The molecule has 1 unspecified atom stereocenters. The van der Waals surface area contributed by atoms with E-state index in [2.05, 4.69) is 4.90 Å². The fraction of sp³-hybridized carbons (Fsp3) is 0.619. The Bertz CT molecular complexity index is 655. The summed E-state index contributed by atoms with van der Waals surface area (Å²) in [6, 6.07) is 9.78. The summed E-state index contributed by atoms with van der Waals surface area (Å²) in [5, 5.41) is 0. The summed E-state index contributed by atoms with van der Waals surface area (Å²) in [6.45, 7) is 2.80. The first kappa shape index (κ1) is 18.3. The minimum absolute atomic E-state index is 0.00727. The van der Waals surface area contributed by atoms with Crippen molar-refractivity contribution in [1.29, 1.82) is 0 Å². The predicted molar refractivity (Wildman–Crippen MR) is 100 cm³/mol. The topological polar surface area (TPSA) is 59.1 Å². The van der Waals surface area contributed by atoms with Gasteiger partial charge < -0.3 is 19.3 Å². The summed E-state index contributed by atoms with van der Waals surface area (Å²) in [6.07, 6.45) is 4.69. The Hall–Kier alpha value is -2.08. The first-order valence-corrected chi connectivity index (χ1v) is 10.1. The van der Waals surface area contributed by atoms with Gasteiger partial charge in [0.05, 0.1) is 6.04 Å². The van der Waals surface area contributed by atoms with Crippen molar-refractivity contribution in [2.24, 2.45) is 5.92 Å². The molecule has 2 heterocycles. The molecule has 2 amide bonds. The molecule has 1 atom stereocenters. The second kappa shape index (κ2) is 8.30. The van der Waals surface area contributed by atoms with Crippen molar-refractivity contribution in [3.05, 3.63) is 30.3 Å². The number of hydrogen-bond acceptors (Lipinski definition) is 4. The third-order valence-corrected chi connectivity index (χ3v) is 5.78. The van der Waals surface area contributed by atoms with E-state index in [0.29, 0.717) is 24.7 Å². The minimum Gasteiger partial charge on any atom is -0.484 e. The summed E-state index contributed by atoms with van der Waals surface area (Å²) >= 11 is 0. The lowest BCUT2D eigenvalue weighted by atomic mass is 10.0. The Labute approximate surface area is 160 Å². The molecule has 1 aromatic rings. The van der Waals surface area contributed by atoms with Crippen LogP contribution < -0.4 is 4.74 Å². The molecular formula is C21H28N2O4. The highest BCUT2D eigenvalue weighted by atomic mass is 16.5. The van der Waals surface area contributed by atoms with Crippen LogP contribution in [0.3, 0.4) is 0 Å². The molecule has 3 aliphatic rings. The SMILES string of the molecule is O=C(COc1ccccc1)N1CCC(N(C(=O)C2CC2)C2CCOCC2)C1. The number of amides is 2. The van der Waals surface area contributed by atoms with Gasteiger partial charge in [-0.3, -0.25) is 9.59 Å². The molecule has 4 rings (SSSR count). The van der Waals surface area contributed by atoms with E-state index >= 15 is 0 Å². The second-order valence-corrected chi connectivity index (χ2v) is 7.75. The first-order chi connectivity index (χ1) is 13.2. The minimum atomic E-state index is -0.00727. The van der Waals surface area contributed by atoms with Crippen molar-refractivity contribution in [3.63, 3.8) is 0 Å². The Morgan fingerprint density at radius 2 is 1.78 bits per heavy atom. The van der Waals surface area contributed by atoms with Crippen LogP contribution in [-0.4, -0.2) is 66.6 Å². The molecule has 2 aliphatic heterocycles. The summed E-state index contributed by atoms with van der Waals surface area (Å²) in [7, 11) is 0. The van der Waals surface area contributed by atoms with Crippen molar-refractivity contribution < 1.29 is 19.1 Å². The fourth-order valence-electron chi connectivity index (χ4n) is 4.11. The Morgan fingerprint density at radius 3 is 2.48 bits per heavy atom. The number of nitrogens with zero attached hydrogens (tertiary/aromatic N) is 2. The van der Waals surface area contributed by atoms with Gasteiger partial charge in [-0.25, -0.2) is 0 Å². The van der Waals surface area contributed by atoms with Crippen LogP contribution in [0.5, 0.6) is 5.75 Å². The Morgan fingerprint density at radius 1 is 1.04 bits per heavy atom. The number of carbonyl (C=O) groups excluding carboxylic acids is 2. The molecule has 146 valence electrons. The summed E-state index contributed by atoms with van der Waals surface area (Å²) in [5.74, 6) is 1.20. The van der Waals surface area contributed by atoms with E-state index in [1.807, 2.05) is 35.2 Å². The van der Waals surface area contributed by atoms with Crippen LogP contribution in [-0.2, 0) is 14.3 Å². The van der Waals surface area contributed by atoms with Gasteiger partial charge in [-0.05, 0) is 44.2 Å². The molecule has 0 radical (unpaired) electrons. The Balaban J connectivity index is 1.35. The molecule has 3 fully saturated rings. The van der Waals surface area contributed by atoms with E-state index in [9.17, 15) is 9.59 Å². The van der Waals surface area contributed by atoms with Crippen molar-refractivity contribution in [2.45, 2.75) is 44.2 Å². The maximum Gasteiger partial charge on any atom is 0.260 e. The molecule has 1 saturated carbocycles. The van der Waals surface area contributed by atoms with Gasteiger partial charge in [0.2, 0.25) is 5.91 Å². The third-order valence-electron chi connectivity index (χ3n) is 5.78.